The lowest BCUT2D eigenvalue weighted by Gasteiger charge is -2.18. The summed E-state index contributed by atoms with van der Waals surface area (Å²) in [5, 5.41) is 0. The topological polar surface area (TPSA) is 78.9 Å². The summed E-state index contributed by atoms with van der Waals surface area (Å²) in [6.07, 6.45) is 93.5. The minimum atomic E-state index is -0.793. The number of carbonyl (C=O) groups is 3. The van der Waals surface area contributed by atoms with E-state index in [9.17, 15) is 14.4 Å². The lowest BCUT2D eigenvalue weighted by molar-refractivity contribution is -0.167. The molecule has 6 nitrogen and oxygen atoms in total. The van der Waals surface area contributed by atoms with Crippen molar-refractivity contribution in [3.63, 3.8) is 0 Å². The molecule has 80 heavy (non-hydrogen) atoms. The predicted octanol–water partition coefficient (Wildman–Crippen LogP) is 23.2. The molecule has 0 aromatic heterocycles. The Morgan fingerprint density at radius 3 is 0.775 bits per heavy atom. The average Bonchev–Trinajstić information content (AvgIpc) is 3.46. The molecule has 0 N–H and O–H groups in total. The van der Waals surface area contributed by atoms with Crippen LogP contribution in [0.4, 0.5) is 0 Å². The fourth-order valence-corrected chi connectivity index (χ4v) is 9.22. The van der Waals surface area contributed by atoms with Gasteiger partial charge in [0.1, 0.15) is 13.2 Å². The summed E-state index contributed by atoms with van der Waals surface area (Å²) in [6.45, 7) is 6.41. The first-order valence-corrected chi connectivity index (χ1v) is 33.5. The van der Waals surface area contributed by atoms with Crippen LogP contribution in [-0.4, -0.2) is 37.2 Å². The number of unbranched alkanes of at least 4 members (excludes halogenated alkanes) is 29. The third-order valence-corrected chi connectivity index (χ3v) is 14.2. The zero-order valence-electron chi connectivity index (χ0n) is 52.3. The van der Waals surface area contributed by atoms with Gasteiger partial charge in [0.25, 0.3) is 0 Å². The van der Waals surface area contributed by atoms with Crippen molar-refractivity contribution >= 4 is 17.9 Å². The minimum absolute atomic E-state index is 0.0872. The first kappa shape index (κ1) is 75.8. The van der Waals surface area contributed by atoms with Crippen molar-refractivity contribution in [1.29, 1.82) is 0 Å². The van der Waals surface area contributed by atoms with Crippen molar-refractivity contribution in [1.82, 2.24) is 0 Å². The van der Waals surface area contributed by atoms with Gasteiger partial charge in [-0.25, -0.2) is 0 Å². The summed E-state index contributed by atoms with van der Waals surface area (Å²) in [7, 11) is 0. The Balaban J connectivity index is 4.37. The Labute approximate surface area is 494 Å². The van der Waals surface area contributed by atoms with Gasteiger partial charge in [0, 0.05) is 19.3 Å². The highest BCUT2D eigenvalue weighted by atomic mass is 16.6. The second-order valence-electron chi connectivity index (χ2n) is 22.0. The largest absolute Gasteiger partial charge is 0.462 e. The van der Waals surface area contributed by atoms with Crippen LogP contribution in [0.5, 0.6) is 0 Å². The molecule has 1 atom stereocenters. The van der Waals surface area contributed by atoms with Crippen molar-refractivity contribution in [2.24, 2.45) is 0 Å². The summed E-state index contributed by atoms with van der Waals surface area (Å²) < 4.78 is 17.0. The lowest BCUT2D eigenvalue weighted by atomic mass is 10.0. The number of ether oxygens (including phenoxy) is 3. The van der Waals surface area contributed by atoms with Crippen molar-refractivity contribution < 1.29 is 28.6 Å². The molecule has 0 aliphatic rings. The van der Waals surface area contributed by atoms with Gasteiger partial charge in [-0.3, -0.25) is 14.4 Å². The Morgan fingerprint density at radius 2 is 0.487 bits per heavy atom. The van der Waals surface area contributed by atoms with Crippen molar-refractivity contribution in [2.75, 3.05) is 13.2 Å². The Bertz CT molecular complexity index is 1650. The zero-order chi connectivity index (χ0) is 57.8. The van der Waals surface area contributed by atoms with Crippen LogP contribution < -0.4 is 0 Å². The van der Waals surface area contributed by atoms with Crippen LogP contribution in [0, 0.1) is 0 Å². The van der Waals surface area contributed by atoms with E-state index in [1.165, 1.54) is 141 Å². The molecule has 0 saturated heterocycles. The Morgan fingerprint density at radius 1 is 0.263 bits per heavy atom. The molecular weight excluding hydrogens is 985 g/mol. The minimum Gasteiger partial charge on any atom is -0.462 e. The van der Waals surface area contributed by atoms with E-state index in [4.69, 9.17) is 14.2 Å². The molecule has 0 aromatic carbocycles. The van der Waals surface area contributed by atoms with E-state index in [1.54, 1.807) is 0 Å². The van der Waals surface area contributed by atoms with E-state index in [2.05, 4.69) is 142 Å². The van der Waals surface area contributed by atoms with E-state index in [0.29, 0.717) is 19.3 Å². The summed E-state index contributed by atoms with van der Waals surface area (Å²) in [4.78, 5) is 38.4. The number of rotatable bonds is 60. The van der Waals surface area contributed by atoms with E-state index in [-0.39, 0.29) is 31.1 Å². The second-order valence-corrected chi connectivity index (χ2v) is 22.0. The van der Waals surface area contributed by atoms with Crippen LogP contribution in [-0.2, 0) is 28.6 Å². The molecule has 456 valence electrons. The molecule has 0 spiro atoms. The van der Waals surface area contributed by atoms with Crippen LogP contribution in [0.3, 0.4) is 0 Å². The quantitative estimate of drug-likeness (QED) is 0.0261. The van der Waals surface area contributed by atoms with Gasteiger partial charge in [-0.2, -0.15) is 0 Å². The van der Waals surface area contributed by atoms with Crippen molar-refractivity contribution in [3.8, 4) is 0 Å². The van der Waals surface area contributed by atoms with E-state index < -0.39 is 6.10 Å². The van der Waals surface area contributed by atoms with Crippen LogP contribution in [0.1, 0.15) is 310 Å². The van der Waals surface area contributed by atoms with Crippen molar-refractivity contribution in [2.45, 2.75) is 316 Å². The van der Waals surface area contributed by atoms with Crippen LogP contribution in [0.2, 0.25) is 0 Å². The van der Waals surface area contributed by atoms with Gasteiger partial charge in [-0.05, 0) is 128 Å². The van der Waals surface area contributed by atoms with Crippen LogP contribution >= 0.6 is 0 Å². The first-order chi connectivity index (χ1) is 39.5. The molecule has 0 aromatic rings. The average molecular weight is 1110 g/mol. The molecule has 0 heterocycles. The van der Waals surface area contributed by atoms with E-state index in [1.807, 2.05) is 0 Å². The molecule has 0 aliphatic carbocycles. The first-order valence-electron chi connectivity index (χ1n) is 33.5. The van der Waals surface area contributed by atoms with Gasteiger partial charge < -0.3 is 14.2 Å². The lowest BCUT2D eigenvalue weighted by Crippen LogP contribution is -2.30. The van der Waals surface area contributed by atoms with Gasteiger partial charge in [-0.15, -0.1) is 0 Å². The third-order valence-electron chi connectivity index (χ3n) is 14.2. The van der Waals surface area contributed by atoms with Gasteiger partial charge in [0.05, 0.1) is 0 Å². The standard InChI is InChI=1S/C74H124O6/c1-4-7-10-13-16-19-22-25-28-30-32-34-36-37-39-40-42-44-46-49-52-55-58-61-64-67-73(76)79-70-71(69-78-72(75)66-63-60-57-54-51-48-27-24-21-18-15-12-9-6-3)80-74(77)68-65-62-59-56-53-50-47-45-43-41-38-35-33-31-29-26-23-20-17-14-11-8-5-2/h7-8,10-11,16-17,19-20,24-29,32-35,41,43,71H,4-6,9,12-15,18,21-23,30-31,36-40,42,44-70H2,1-3H3/b10-7-,11-8-,19-16-,20-17-,27-24-,28-25-,29-26-,34-32-,35-33-,43-41-. The maximum atomic E-state index is 12.9. The molecule has 0 radical (unpaired) electrons. The highest BCUT2D eigenvalue weighted by Crippen LogP contribution is 2.16. The highest BCUT2D eigenvalue weighted by molar-refractivity contribution is 5.71. The van der Waals surface area contributed by atoms with Crippen molar-refractivity contribution in [3.05, 3.63) is 122 Å². The number of hydrogen-bond donors (Lipinski definition) is 0. The Kier molecular flexibility index (Phi) is 63.8. The summed E-state index contributed by atoms with van der Waals surface area (Å²) in [5.74, 6) is -0.901. The number of allylic oxidation sites excluding steroid dienone is 20. The smallest absolute Gasteiger partial charge is 0.306 e. The van der Waals surface area contributed by atoms with Gasteiger partial charge in [-0.1, -0.05) is 284 Å². The fraction of sp³-hybridized carbons (Fsp3) is 0.689. The van der Waals surface area contributed by atoms with E-state index >= 15 is 0 Å². The summed E-state index contributed by atoms with van der Waals surface area (Å²) in [6, 6.07) is 0. The van der Waals surface area contributed by atoms with Gasteiger partial charge in [0.15, 0.2) is 6.10 Å². The molecule has 0 aliphatic heterocycles. The molecule has 0 saturated carbocycles. The van der Waals surface area contributed by atoms with Crippen LogP contribution in [0.15, 0.2) is 122 Å². The molecule has 0 bridgehead atoms. The second kappa shape index (κ2) is 67.3. The molecular formula is C74H124O6. The zero-order valence-corrected chi connectivity index (χ0v) is 52.3. The normalized spacial score (nSPS) is 12.9. The Hall–Kier alpha value is -4.19. The maximum Gasteiger partial charge on any atom is 0.306 e. The van der Waals surface area contributed by atoms with Crippen LogP contribution in [0.25, 0.3) is 0 Å². The molecule has 0 amide bonds. The summed E-state index contributed by atoms with van der Waals surface area (Å²) >= 11 is 0. The molecule has 6 heteroatoms. The third kappa shape index (κ3) is 64.6. The number of carbonyl (C=O) groups excluding carboxylic acids is 3. The fourth-order valence-electron chi connectivity index (χ4n) is 9.22. The summed E-state index contributed by atoms with van der Waals surface area (Å²) in [5.41, 5.74) is 0. The van der Waals surface area contributed by atoms with E-state index in [0.717, 1.165) is 128 Å². The number of hydrogen-bond acceptors (Lipinski definition) is 6. The van der Waals surface area contributed by atoms with Gasteiger partial charge >= 0.3 is 17.9 Å². The SMILES string of the molecule is CC/C=C\C/C=C\C/C=C\C/C=C\C/C=C\CCCCCCCCCC(=O)OC(COC(=O)CCCCCCC/C=C\CCCCCCC)COC(=O)CCCCCCCCCCCCCC/C=C\C/C=C\C/C=C\C/C=C\CC. The molecule has 0 fully saturated rings. The highest BCUT2D eigenvalue weighted by Gasteiger charge is 2.19. The molecule has 1 unspecified atom stereocenters. The number of esters is 3. The maximum absolute atomic E-state index is 12.9. The predicted molar refractivity (Wildman–Crippen MR) is 348 cm³/mol. The molecule has 0 rings (SSSR count). The monoisotopic (exact) mass is 1110 g/mol. The van der Waals surface area contributed by atoms with Gasteiger partial charge in [0.2, 0.25) is 0 Å².